The number of fused-ring (bicyclic) bond motifs is 1. The van der Waals surface area contributed by atoms with Crippen molar-refractivity contribution >= 4 is 11.9 Å². The van der Waals surface area contributed by atoms with Crippen molar-refractivity contribution in [3.63, 3.8) is 0 Å². The minimum atomic E-state index is -0.325. The van der Waals surface area contributed by atoms with Crippen molar-refractivity contribution in [1.29, 1.82) is 0 Å². The van der Waals surface area contributed by atoms with Crippen LogP contribution in [0.3, 0.4) is 0 Å². The number of ether oxygens (including phenoxy) is 3. The first-order valence-electron chi connectivity index (χ1n) is 8.71. The van der Waals surface area contributed by atoms with Gasteiger partial charge in [-0.15, -0.1) is 0 Å². The molecule has 0 amide bonds. The van der Waals surface area contributed by atoms with Crippen LogP contribution in [0.15, 0.2) is 12.2 Å². The summed E-state index contributed by atoms with van der Waals surface area (Å²) in [5.41, 5.74) is 0.427. The molecule has 0 aromatic heterocycles. The fraction of sp³-hybridized carbons (Fsp3) is 0.778. The minimum Gasteiger partial charge on any atom is -0.465 e. The first kappa shape index (κ1) is 16.5. The molecule has 3 fully saturated rings. The Kier molecular flexibility index (Phi) is 5.05. The number of rotatable bonds is 5. The van der Waals surface area contributed by atoms with Gasteiger partial charge >= 0.3 is 11.9 Å². The Morgan fingerprint density at radius 2 is 1.96 bits per heavy atom. The summed E-state index contributed by atoms with van der Waals surface area (Å²) in [6.07, 6.45) is 6.96. The van der Waals surface area contributed by atoms with Crippen molar-refractivity contribution in [2.24, 2.45) is 11.8 Å². The average Bonchev–Trinajstić information content (AvgIpc) is 3.31. The predicted molar refractivity (Wildman–Crippen MR) is 83.6 cm³/mol. The van der Waals surface area contributed by atoms with E-state index in [9.17, 15) is 9.59 Å². The number of carbonyl (C=O) groups is 2. The van der Waals surface area contributed by atoms with E-state index in [1.54, 1.807) is 6.92 Å². The summed E-state index contributed by atoms with van der Waals surface area (Å²) >= 11 is 0. The van der Waals surface area contributed by atoms with Crippen LogP contribution in [0.25, 0.3) is 0 Å². The fourth-order valence-corrected chi connectivity index (χ4v) is 3.69. The van der Waals surface area contributed by atoms with Crippen LogP contribution in [0.1, 0.15) is 51.9 Å². The quantitative estimate of drug-likeness (QED) is 0.442. The molecule has 0 spiro atoms. The zero-order chi connectivity index (χ0) is 16.4. The topological polar surface area (TPSA) is 65.1 Å². The summed E-state index contributed by atoms with van der Waals surface area (Å²) in [4.78, 5) is 23.8. The van der Waals surface area contributed by atoms with Crippen molar-refractivity contribution in [2.75, 3.05) is 6.61 Å². The second-order valence-electron chi connectivity index (χ2n) is 7.19. The first-order chi connectivity index (χ1) is 11.0. The Morgan fingerprint density at radius 1 is 1.13 bits per heavy atom. The third-order valence-corrected chi connectivity index (χ3v) is 5.16. The summed E-state index contributed by atoms with van der Waals surface area (Å²) < 4.78 is 16.4. The molecule has 0 aromatic carbocycles. The third kappa shape index (κ3) is 4.34. The molecule has 128 valence electrons. The fourth-order valence-electron chi connectivity index (χ4n) is 3.69. The van der Waals surface area contributed by atoms with Crippen LogP contribution in [0, 0.1) is 11.8 Å². The summed E-state index contributed by atoms with van der Waals surface area (Å²) in [5, 5.41) is 0. The highest BCUT2D eigenvalue weighted by molar-refractivity contribution is 5.87. The van der Waals surface area contributed by atoms with E-state index in [4.69, 9.17) is 14.2 Å². The molecule has 3 aliphatic rings. The second kappa shape index (κ2) is 7.04. The maximum Gasteiger partial charge on any atom is 0.333 e. The van der Waals surface area contributed by atoms with E-state index in [1.807, 2.05) is 0 Å². The van der Waals surface area contributed by atoms with E-state index >= 15 is 0 Å². The summed E-state index contributed by atoms with van der Waals surface area (Å²) in [6, 6.07) is 0. The van der Waals surface area contributed by atoms with Gasteiger partial charge in [-0.3, -0.25) is 4.79 Å². The van der Waals surface area contributed by atoms with Crippen molar-refractivity contribution in [2.45, 2.75) is 70.2 Å². The minimum absolute atomic E-state index is 0.000573. The molecule has 0 bridgehead atoms. The third-order valence-electron chi connectivity index (χ3n) is 5.16. The van der Waals surface area contributed by atoms with Crippen LogP contribution < -0.4 is 0 Å². The number of carbonyl (C=O) groups excluding carboxylic acids is 2. The molecule has 5 nitrogen and oxygen atoms in total. The van der Waals surface area contributed by atoms with E-state index in [1.165, 1.54) is 0 Å². The van der Waals surface area contributed by atoms with E-state index in [-0.39, 0.29) is 29.9 Å². The summed E-state index contributed by atoms with van der Waals surface area (Å²) in [5.74, 6) is -0.127. The maximum atomic E-state index is 12.2. The monoisotopic (exact) mass is 322 g/mol. The lowest BCUT2D eigenvalue weighted by Gasteiger charge is -2.29. The molecule has 1 saturated heterocycles. The molecule has 5 heteroatoms. The molecule has 0 N–H and O–H groups in total. The Morgan fingerprint density at radius 3 is 2.70 bits per heavy atom. The highest BCUT2D eigenvalue weighted by Gasteiger charge is 2.46. The van der Waals surface area contributed by atoms with Crippen LogP contribution in [0.2, 0.25) is 0 Å². The molecule has 5 atom stereocenters. The molecule has 1 heterocycles. The lowest BCUT2D eigenvalue weighted by Crippen LogP contribution is -2.30. The molecule has 0 aromatic rings. The maximum absolute atomic E-state index is 12.2. The van der Waals surface area contributed by atoms with Gasteiger partial charge in [-0.1, -0.05) is 6.58 Å². The zero-order valence-corrected chi connectivity index (χ0v) is 13.8. The molecule has 2 saturated carbocycles. The lowest BCUT2D eigenvalue weighted by molar-refractivity contribution is -0.154. The molecule has 3 rings (SSSR count). The highest BCUT2D eigenvalue weighted by Crippen LogP contribution is 2.40. The van der Waals surface area contributed by atoms with Crippen molar-refractivity contribution in [1.82, 2.24) is 0 Å². The van der Waals surface area contributed by atoms with Gasteiger partial charge in [-0.25, -0.2) is 4.79 Å². The summed E-state index contributed by atoms with van der Waals surface area (Å²) in [7, 11) is 0. The zero-order valence-electron chi connectivity index (χ0n) is 13.8. The van der Waals surface area contributed by atoms with Crippen LogP contribution in [-0.4, -0.2) is 36.9 Å². The van der Waals surface area contributed by atoms with Crippen LogP contribution in [0.4, 0.5) is 0 Å². The van der Waals surface area contributed by atoms with Crippen LogP contribution in [-0.2, 0) is 23.8 Å². The largest absolute Gasteiger partial charge is 0.465 e. The number of hydrogen-bond acceptors (Lipinski definition) is 5. The molecule has 1 aliphatic heterocycles. The van der Waals surface area contributed by atoms with E-state index in [0.717, 1.165) is 44.9 Å². The second-order valence-corrected chi connectivity index (χ2v) is 7.19. The lowest BCUT2D eigenvalue weighted by atomic mass is 9.87. The summed E-state index contributed by atoms with van der Waals surface area (Å²) in [6.45, 7) is 5.70. The van der Waals surface area contributed by atoms with E-state index in [0.29, 0.717) is 24.4 Å². The predicted octanol–water partition coefficient (Wildman–Crippen LogP) is 2.78. The Bertz CT molecular complexity index is 486. The van der Waals surface area contributed by atoms with Gasteiger partial charge in [-0.05, 0) is 57.8 Å². The van der Waals surface area contributed by atoms with Crippen LogP contribution >= 0.6 is 0 Å². The SMILES string of the molecule is C=C(C)C(=O)OC1CCCC(COC(=O)C2CCC3OC3C2)C1. The molecule has 5 unspecified atom stereocenters. The van der Waals surface area contributed by atoms with Gasteiger partial charge in [0.05, 0.1) is 24.7 Å². The Labute approximate surface area is 137 Å². The van der Waals surface area contributed by atoms with Crippen molar-refractivity contribution in [3.8, 4) is 0 Å². The first-order valence-corrected chi connectivity index (χ1v) is 8.71. The van der Waals surface area contributed by atoms with E-state index in [2.05, 4.69) is 6.58 Å². The van der Waals surface area contributed by atoms with Gasteiger partial charge < -0.3 is 14.2 Å². The van der Waals surface area contributed by atoms with Gasteiger partial charge in [0.25, 0.3) is 0 Å². The number of hydrogen-bond donors (Lipinski definition) is 0. The Hall–Kier alpha value is -1.36. The van der Waals surface area contributed by atoms with Crippen molar-refractivity contribution < 1.29 is 23.8 Å². The molecule has 23 heavy (non-hydrogen) atoms. The standard InChI is InChI=1S/C18H26O5/c1-11(2)17(19)22-14-5-3-4-12(8-14)10-21-18(20)13-6-7-15-16(9-13)23-15/h12-16H,1,3-10H2,2H3. The number of esters is 2. The van der Waals surface area contributed by atoms with Crippen LogP contribution in [0.5, 0.6) is 0 Å². The van der Waals surface area contributed by atoms with Gasteiger partial charge in [0, 0.05) is 5.57 Å². The highest BCUT2D eigenvalue weighted by atomic mass is 16.6. The normalized spacial score (nSPS) is 35.8. The van der Waals surface area contributed by atoms with Gasteiger partial charge in [0.2, 0.25) is 0 Å². The smallest absolute Gasteiger partial charge is 0.333 e. The molecule has 2 aliphatic carbocycles. The average molecular weight is 322 g/mol. The van der Waals surface area contributed by atoms with Gasteiger partial charge in [0.15, 0.2) is 0 Å². The number of epoxide rings is 1. The van der Waals surface area contributed by atoms with Gasteiger partial charge in [-0.2, -0.15) is 0 Å². The van der Waals surface area contributed by atoms with E-state index < -0.39 is 0 Å². The Balaban J connectivity index is 1.39. The molecule has 0 radical (unpaired) electrons. The van der Waals surface area contributed by atoms with Crippen molar-refractivity contribution in [3.05, 3.63) is 12.2 Å². The molecular weight excluding hydrogens is 296 g/mol. The molecular formula is C18H26O5. The van der Waals surface area contributed by atoms with Gasteiger partial charge in [0.1, 0.15) is 6.10 Å².